The van der Waals surface area contributed by atoms with Crippen LogP contribution in [0, 0.1) is 0 Å². The summed E-state index contributed by atoms with van der Waals surface area (Å²) in [6, 6.07) is 3.92. The van der Waals surface area contributed by atoms with Gasteiger partial charge in [-0.1, -0.05) is 0 Å². The second kappa shape index (κ2) is 6.76. The number of hydrogen-bond acceptors (Lipinski definition) is 5. The van der Waals surface area contributed by atoms with Crippen LogP contribution >= 0.6 is 27.3 Å². The minimum Gasteiger partial charge on any atom is -0.340 e. The molecule has 8 heteroatoms. The fourth-order valence-electron chi connectivity index (χ4n) is 2.34. The average Bonchev–Trinajstić information content (AvgIpc) is 2.95. The maximum absolute atomic E-state index is 12.2. The van der Waals surface area contributed by atoms with Crippen molar-refractivity contribution in [1.82, 2.24) is 9.80 Å². The summed E-state index contributed by atoms with van der Waals surface area (Å²) >= 11 is 5.01. The number of nitrogens with zero attached hydrogens (tertiary/aromatic N) is 2. The van der Waals surface area contributed by atoms with Crippen molar-refractivity contribution in [3.05, 3.63) is 20.8 Å². The highest BCUT2D eigenvalue weighted by atomic mass is 79.9. The molecular weight excluding hydrogens is 376 g/mol. The number of rotatable bonds is 5. The monoisotopic (exact) mass is 394 g/mol. The summed E-state index contributed by atoms with van der Waals surface area (Å²) in [5, 5.41) is 0. The van der Waals surface area contributed by atoms with E-state index in [0.717, 1.165) is 8.66 Å². The Morgan fingerprint density at radius 3 is 2.67 bits per heavy atom. The molecular formula is C13H19BrN2O3S2. The first-order valence-electron chi connectivity index (χ1n) is 6.66. The molecule has 0 spiro atoms. The first-order chi connectivity index (χ1) is 9.77. The molecule has 0 aromatic carbocycles. The summed E-state index contributed by atoms with van der Waals surface area (Å²) in [5.74, 6) is 0.402. The van der Waals surface area contributed by atoms with Crippen LogP contribution in [0.4, 0.5) is 0 Å². The SMILES string of the molecule is CN(Cc1ccc(Br)s1)C(=O)CN(C)C1CCS(=O)(=O)C1. The summed E-state index contributed by atoms with van der Waals surface area (Å²) in [6.07, 6.45) is 0.619. The molecule has 1 saturated heterocycles. The van der Waals surface area contributed by atoms with Crippen molar-refractivity contribution in [1.29, 1.82) is 0 Å². The van der Waals surface area contributed by atoms with E-state index in [1.807, 2.05) is 24.1 Å². The van der Waals surface area contributed by atoms with Gasteiger partial charge in [-0.15, -0.1) is 11.3 Å². The molecule has 1 aromatic heterocycles. The Morgan fingerprint density at radius 1 is 1.43 bits per heavy atom. The van der Waals surface area contributed by atoms with E-state index < -0.39 is 9.84 Å². The number of hydrogen-bond donors (Lipinski definition) is 0. The van der Waals surface area contributed by atoms with Crippen LogP contribution in [0.15, 0.2) is 15.9 Å². The van der Waals surface area contributed by atoms with Gasteiger partial charge in [0, 0.05) is 18.0 Å². The lowest BCUT2D eigenvalue weighted by Gasteiger charge is -2.25. The number of likely N-dealkylation sites (N-methyl/N-ethyl adjacent to an activating group) is 2. The third kappa shape index (κ3) is 4.77. The van der Waals surface area contributed by atoms with Gasteiger partial charge >= 0.3 is 0 Å². The topological polar surface area (TPSA) is 57.7 Å². The Labute approximate surface area is 138 Å². The van der Waals surface area contributed by atoms with Gasteiger partial charge in [-0.25, -0.2) is 8.42 Å². The number of sulfone groups is 1. The van der Waals surface area contributed by atoms with Crippen LogP contribution in [0.1, 0.15) is 11.3 Å². The van der Waals surface area contributed by atoms with Gasteiger partial charge in [0.25, 0.3) is 0 Å². The molecule has 1 aliphatic heterocycles. The van der Waals surface area contributed by atoms with Crippen molar-refractivity contribution in [2.24, 2.45) is 0 Å². The molecule has 0 N–H and O–H groups in total. The molecule has 1 amide bonds. The average molecular weight is 395 g/mol. The van der Waals surface area contributed by atoms with E-state index in [1.54, 1.807) is 23.3 Å². The molecule has 21 heavy (non-hydrogen) atoms. The molecule has 1 unspecified atom stereocenters. The van der Waals surface area contributed by atoms with Crippen LogP contribution in [-0.4, -0.2) is 62.3 Å². The van der Waals surface area contributed by atoms with E-state index in [4.69, 9.17) is 0 Å². The van der Waals surface area contributed by atoms with Crippen LogP contribution in [0.2, 0.25) is 0 Å². The number of amides is 1. The molecule has 1 aromatic rings. The van der Waals surface area contributed by atoms with Gasteiger partial charge in [-0.3, -0.25) is 9.69 Å². The standard InChI is InChI=1S/C13H19BrN2O3S2/c1-15(10-5-6-21(18,19)9-10)8-13(17)16(2)7-11-3-4-12(14)20-11/h3-4,10H,5-9H2,1-2H3. The molecule has 0 radical (unpaired) electrons. The summed E-state index contributed by atoms with van der Waals surface area (Å²) < 4.78 is 24.0. The minimum atomic E-state index is -2.91. The molecule has 0 aliphatic carbocycles. The Bertz CT molecular complexity index is 615. The zero-order valence-corrected chi connectivity index (χ0v) is 15.3. The van der Waals surface area contributed by atoms with Crippen LogP contribution in [-0.2, 0) is 21.2 Å². The highest BCUT2D eigenvalue weighted by Crippen LogP contribution is 2.23. The second-order valence-corrected chi connectivity index (χ2v) is 10.2. The van der Waals surface area contributed by atoms with Crippen molar-refractivity contribution >= 4 is 43.0 Å². The molecule has 118 valence electrons. The van der Waals surface area contributed by atoms with Gasteiger partial charge in [-0.05, 0) is 41.5 Å². The van der Waals surface area contributed by atoms with Crippen molar-refractivity contribution in [2.75, 3.05) is 32.1 Å². The normalized spacial score (nSPS) is 20.9. The Hall–Kier alpha value is -0.440. The van der Waals surface area contributed by atoms with E-state index in [2.05, 4.69) is 15.9 Å². The van der Waals surface area contributed by atoms with Crippen molar-refractivity contribution in [3.8, 4) is 0 Å². The maximum Gasteiger partial charge on any atom is 0.236 e. The first kappa shape index (κ1) is 16.9. The van der Waals surface area contributed by atoms with Gasteiger partial charge < -0.3 is 4.90 Å². The molecule has 1 fully saturated rings. The van der Waals surface area contributed by atoms with Gasteiger partial charge in [0.2, 0.25) is 5.91 Å². The number of carbonyl (C=O) groups is 1. The zero-order chi connectivity index (χ0) is 15.6. The van der Waals surface area contributed by atoms with Crippen LogP contribution in [0.25, 0.3) is 0 Å². The van der Waals surface area contributed by atoms with Crippen LogP contribution in [0.5, 0.6) is 0 Å². The fraction of sp³-hybridized carbons (Fsp3) is 0.615. The smallest absolute Gasteiger partial charge is 0.236 e. The predicted octanol–water partition coefficient (Wildman–Crippen LogP) is 1.59. The first-order valence-corrected chi connectivity index (χ1v) is 10.1. The Balaban J connectivity index is 1.86. The summed E-state index contributed by atoms with van der Waals surface area (Å²) in [5.41, 5.74) is 0. The van der Waals surface area contributed by atoms with E-state index in [1.165, 1.54) is 0 Å². The zero-order valence-electron chi connectivity index (χ0n) is 12.1. The number of carbonyl (C=O) groups excluding carboxylic acids is 1. The molecule has 5 nitrogen and oxygen atoms in total. The summed E-state index contributed by atoms with van der Waals surface area (Å²) in [6.45, 7) is 0.829. The lowest BCUT2D eigenvalue weighted by atomic mass is 10.2. The van der Waals surface area contributed by atoms with E-state index in [0.29, 0.717) is 13.0 Å². The lowest BCUT2D eigenvalue weighted by molar-refractivity contribution is -0.131. The molecule has 0 saturated carbocycles. The highest BCUT2D eigenvalue weighted by Gasteiger charge is 2.31. The molecule has 0 bridgehead atoms. The van der Waals surface area contributed by atoms with Gasteiger partial charge in [0.05, 0.1) is 28.4 Å². The van der Waals surface area contributed by atoms with Gasteiger partial charge in [0.1, 0.15) is 0 Å². The quantitative estimate of drug-likeness (QED) is 0.760. The third-order valence-electron chi connectivity index (χ3n) is 3.66. The maximum atomic E-state index is 12.2. The van der Waals surface area contributed by atoms with E-state index in [9.17, 15) is 13.2 Å². The van der Waals surface area contributed by atoms with Crippen molar-refractivity contribution in [3.63, 3.8) is 0 Å². The summed E-state index contributed by atoms with van der Waals surface area (Å²) in [4.78, 5) is 16.9. The van der Waals surface area contributed by atoms with Crippen molar-refractivity contribution in [2.45, 2.75) is 19.0 Å². The fourth-order valence-corrected chi connectivity index (χ4v) is 5.69. The van der Waals surface area contributed by atoms with Gasteiger partial charge in [0.15, 0.2) is 9.84 Å². The largest absolute Gasteiger partial charge is 0.340 e. The molecule has 1 atom stereocenters. The molecule has 1 aliphatic rings. The van der Waals surface area contributed by atoms with Crippen molar-refractivity contribution < 1.29 is 13.2 Å². The molecule has 2 heterocycles. The van der Waals surface area contributed by atoms with Crippen LogP contribution < -0.4 is 0 Å². The summed E-state index contributed by atoms with van der Waals surface area (Å²) in [7, 11) is 0.679. The Kier molecular flexibility index (Phi) is 5.45. The lowest BCUT2D eigenvalue weighted by Crippen LogP contribution is -2.41. The van der Waals surface area contributed by atoms with Crippen LogP contribution in [0.3, 0.4) is 0 Å². The molecule has 2 rings (SSSR count). The number of thiophene rings is 1. The minimum absolute atomic E-state index is 0.00585. The Morgan fingerprint density at radius 2 is 2.14 bits per heavy atom. The van der Waals surface area contributed by atoms with Gasteiger partial charge in [-0.2, -0.15) is 0 Å². The second-order valence-electron chi connectivity index (χ2n) is 5.43. The number of halogens is 1. The highest BCUT2D eigenvalue weighted by molar-refractivity contribution is 9.11. The van der Waals surface area contributed by atoms with E-state index >= 15 is 0 Å². The van der Waals surface area contributed by atoms with E-state index in [-0.39, 0.29) is 30.0 Å². The third-order valence-corrected chi connectivity index (χ3v) is 7.02. The predicted molar refractivity (Wildman–Crippen MR) is 88.2 cm³/mol.